The van der Waals surface area contributed by atoms with Crippen LogP contribution in [0.3, 0.4) is 0 Å². The number of aliphatic hydroxyl groups is 1. The highest BCUT2D eigenvalue weighted by Crippen LogP contribution is 2.12. The van der Waals surface area contributed by atoms with E-state index in [1.165, 1.54) is 0 Å². The van der Waals surface area contributed by atoms with Crippen molar-refractivity contribution >= 4 is 17.0 Å². The fourth-order valence-corrected chi connectivity index (χ4v) is 1.93. The largest absolute Gasteiger partial charge is 0.396 e. The molecule has 0 aromatic carbocycles. The quantitative estimate of drug-likeness (QED) is 0.797. The van der Waals surface area contributed by atoms with E-state index < -0.39 is 0 Å². The molecule has 0 spiro atoms. The van der Waals surface area contributed by atoms with Gasteiger partial charge in [0.25, 0.3) is 0 Å². The van der Waals surface area contributed by atoms with Crippen molar-refractivity contribution in [1.29, 1.82) is 0 Å². The first-order valence-corrected chi connectivity index (χ1v) is 6.08. The fourth-order valence-electron chi connectivity index (χ4n) is 1.32. The molecule has 0 aliphatic heterocycles. The van der Waals surface area contributed by atoms with Crippen LogP contribution in [0, 0.1) is 0 Å². The second-order valence-electron chi connectivity index (χ2n) is 3.42. The summed E-state index contributed by atoms with van der Waals surface area (Å²) in [6.07, 6.45) is 2.61. The molecule has 6 heteroatoms. The average molecular weight is 238 g/mol. The first kappa shape index (κ1) is 11.1. The zero-order valence-corrected chi connectivity index (χ0v) is 9.65. The Labute approximate surface area is 97.7 Å². The summed E-state index contributed by atoms with van der Waals surface area (Å²) in [6, 6.07) is 2.03. The van der Waals surface area contributed by atoms with E-state index in [0.717, 1.165) is 11.4 Å². The van der Waals surface area contributed by atoms with Crippen LogP contribution in [0.15, 0.2) is 23.0 Å². The SMILES string of the molecule is OCCCn1cc(CNc2ccsc2)nn1. The number of hydrogen-bond acceptors (Lipinski definition) is 5. The van der Waals surface area contributed by atoms with E-state index in [1.807, 2.05) is 17.6 Å². The van der Waals surface area contributed by atoms with Crippen LogP contribution in [-0.2, 0) is 13.1 Å². The minimum absolute atomic E-state index is 0.183. The monoisotopic (exact) mass is 238 g/mol. The van der Waals surface area contributed by atoms with Crippen LogP contribution >= 0.6 is 11.3 Å². The van der Waals surface area contributed by atoms with Gasteiger partial charge >= 0.3 is 0 Å². The molecule has 0 saturated heterocycles. The number of thiophene rings is 1. The number of nitrogens with zero attached hydrogens (tertiary/aromatic N) is 3. The molecule has 0 amide bonds. The lowest BCUT2D eigenvalue weighted by molar-refractivity contribution is 0.276. The summed E-state index contributed by atoms with van der Waals surface area (Å²) in [6.45, 7) is 1.57. The van der Waals surface area contributed by atoms with Crippen molar-refractivity contribution in [2.75, 3.05) is 11.9 Å². The Morgan fingerprint density at radius 3 is 3.19 bits per heavy atom. The highest BCUT2D eigenvalue weighted by Gasteiger charge is 2.00. The van der Waals surface area contributed by atoms with E-state index in [1.54, 1.807) is 16.0 Å². The van der Waals surface area contributed by atoms with Gasteiger partial charge in [-0.05, 0) is 17.9 Å². The van der Waals surface area contributed by atoms with Gasteiger partial charge in [-0.25, -0.2) is 0 Å². The molecule has 0 aliphatic carbocycles. The summed E-state index contributed by atoms with van der Waals surface area (Å²) >= 11 is 1.66. The summed E-state index contributed by atoms with van der Waals surface area (Å²) in [5, 5.41) is 24.0. The number of aliphatic hydroxyl groups excluding tert-OH is 1. The molecule has 0 saturated carbocycles. The van der Waals surface area contributed by atoms with Gasteiger partial charge in [-0.2, -0.15) is 11.3 Å². The van der Waals surface area contributed by atoms with Gasteiger partial charge in [0, 0.05) is 24.2 Å². The summed E-state index contributed by atoms with van der Waals surface area (Å²) in [5.41, 5.74) is 2.01. The Hall–Kier alpha value is -1.40. The van der Waals surface area contributed by atoms with Crippen molar-refractivity contribution in [3.8, 4) is 0 Å². The maximum atomic E-state index is 8.69. The van der Waals surface area contributed by atoms with Gasteiger partial charge in [0.2, 0.25) is 0 Å². The molecule has 5 nitrogen and oxygen atoms in total. The summed E-state index contributed by atoms with van der Waals surface area (Å²) < 4.78 is 1.75. The second kappa shape index (κ2) is 5.62. The van der Waals surface area contributed by atoms with Crippen LogP contribution in [0.2, 0.25) is 0 Å². The van der Waals surface area contributed by atoms with Crippen molar-refractivity contribution < 1.29 is 5.11 Å². The van der Waals surface area contributed by atoms with E-state index in [0.29, 0.717) is 19.5 Å². The van der Waals surface area contributed by atoms with E-state index in [-0.39, 0.29) is 6.61 Å². The number of aromatic nitrogens is 3. The molecule has 0 unspecified atom stereocenters. The summed E-state index contributed by atoms with van der Waals surface area (Å²) in [4.78, 5) is 0. The molecule has 2 rings (SSSR count). The van der Waals surface area contributed by atoms with Gasteiger partial charge < -0.3 is 10.4 Å². The first-order chi connectivity index (χ1) is 7.88. The van der Waals surface area contributed by atoms with E-state index in [9.17, 15) is 0 Å². The van der Waals surface area contributed by atoms with Gasteiger partial charge in [-0.15, -0.1) is 5.10 Å². The van der Waals surface area contributed by atoms with Gasteiger partial charge in [0.05, 0.1) is 12.7 Å². The van der Waals surface area contributed by atoms with Crippen molar-refractivity contribution in [2.45, 2.75) is 19.5 Å². The molecule has 2 aromatic heterocycles. The van der Waals surface area contributed by atoms with Gasteiger partial charge in [0.1, 0.15) is 5.69 Å². The topological polar surface area (TPSA) is 63.0 Å². The van der Waals surface area contributed by atoms with Crippen molar-refractivity contribution in [2.24, 2.45) is 0 Å². The molecular weight excluding hydrogens is 224 g/mol. The standard InChI is InChI=1S/C10H14N4OS/c15-4-1-3-14-7-10(12-13-14)6-11-9-2-5-16-8-9/h2,5,7-8,11,15H,1,3-4,6H2. The fraction of sp³-hybridized carbons (Fsp3) is 0.400. The predicted molar refractivity (Wildman–Crippen MR) is 63.4 cm³/mol. The molecule has 2 N–H and O–H groups in total. The number of aryl methyl sites for hydroxylation is 1. The van der Waals surface area contributed by atoms with Crippen molar-refractivity contribution in [1.82, 2.24) is 15.0 Å². The lowest BCUT2D eigenvalue weighted by Crippen LogP contribution is -2.00. The Bertz CT molecular complexity index is 412. The highest BCUT2D eigenvalue weighted by atomic mass is 32.1. The first-order valence-electron chi connectivity index (χ1n) is 5.14. The van der Waals surface area contributed by atoms with Crippen LogP contribution in [-0.4, -0.2) is 26.7 Å². The Balaban J connectivity index is 1.83. The van der Waals surface area contributed by atoms with Crippen LogP contribution in [0.5, 0.6) is 0 Å². The van der Waals surface area contributed by atoms with Crippen LogP contribution in [0.4, 0.5) is 5.69 Å². The highest BCUT2D eigenvalue weighted by molar-refractivity contribution is 7.08. The number of hydrogen-bond donors (Lipinski definition) is 2. The number of anilines is 1. The normalized spacial score (nSPS) is 10.6. The Morgan fingerprint density at radius 2 is 2.44 bits per heavy atom. The van der Waals surface area contributed by atoms with Gasteiger partial charge in [-0.3, -0.25) is 4.68 Å². The zero-order chi connectivity index (χ0) is 11.2. The maximum absolute atomic E-state index is 8.69. The van der Waals surface area contributed by atoms with E-state index in [2.05, 4.69) is 21.0 Å². The van der Waals surface area contributed by atoms with Gasteiger partial charge in [0.15, 0.2) is 0 Å². The molecule has 0 fully saturated rings. The summed E-state index contributed by atoms with van der Waals surface area (Å²) in [7, 11) is 0. The average Bonchev–Trinajstić information content (AvgIpc) is 2.95. The third-order valence-corrected chi connectivity index (χ3v) is 2.81. The zero-order valence-electron chi connectivity index (χ0n) is 8.83. The second-order valence-corrected chi connectivity index (χ2v) is 4.20. The van der Waals surface area contributed by atoms with Gasteiger partial charge in [-0.1, -0.05) is 5.21 Å². The summed E-state index contributed by atoms with van der Waals surface area (Å²) in [5.74, 6) is 0. The molecule has 86 valence electrons. The Kier molecular flexibility index (Phi) is 3.90. The number of rotatable bonds is 6. The Morgan fingerprint density at radius 1 is 1.50 bits per heavy atom. The molecule has 0 aliphatic rings. The van der Waals surface area contributed by atoms with Crippen LogP contribution < -0.4 is 5.32 Å². The minimum Gasteiger partial charge on any atom is -0.396 e. The van der Waals surface area contributed by atoms with E-state index in [4.69, 9.17) is 5.11 Å². The van der Waals surface area contributed by atoms with Crippen LogP contribution in [0.25, 0.3) is 0 Å². The molecule has 0 atom stereocenters. The van der Waals surface area contributed by atoms with Crippen LogP contribution in [0.1, 0.15) is 12.1 Å². The van der Waals surface area contributed by atoms with Crippen molar-refractivity contribution in [3.63, 3.8) is 0 Å². The lowest BCUT2D eigenvalue weighted by atomic mass is 10.4. The third-order valence-electron chi connectivity index (χ3n) is 2.13. The third kappa shape index (κ3) is 3.04. The van der Waals surface area contributed by atoms with E-state index >= 15 is 0 Å². The molecule has 0 radical (unpaired) electrons. The molecule has 2 heterocycles. The maximum Gasteiger partial charge on any atom is 0.102 e. The number of nitrogens with one attached hydrogen (secondary N) is 1. The lowest BCUT2D eigenvalue weighted by Gasteiger charge is -1.99. The van der Waals surface area contributed by atoms with Crippen molar-refractivity contribution in [3.05, 3.63) is 28.7 Å². The molecule has 16 heavy (non-hydrogen) atoms. The minimum atomic E-state index is 0.183. The molecule has 2 aromatic rings. The smallest absolute Gasteiger partial charge is 0.102 e. The molecular formula is C10H14N4OS. The predicted octanol–water partition coefficient (Wildman–Crippen LogP) is 1.33. The molecule has 0 bridgehead atoms.